The Balaban J connectivity index is 1.34. The Morgan fingerprint density at radius 2 is 1.81 bits per heavy atom. The lowest BCUT2D eigenvalue weighted by Crippen LogP contribution is -2.23. The van der Waals surface area contributed by atoms with E-state index in [0.29, 0.717) is 11.1 Å². The Kier molecular flexibility index (Phi) is 7.00. The van der Waals surface area contributed by atoms with Gasteiger partial charge >= 0.3 is 0 Å². The summed E-state index contributed by atoms with van der Waals surface area (Å²) in [4.78, 5) is 1.38. The number of rotatable bonds is 9. The van der Waals surface area contributed by atoms with E-state index in [1.165, 1.54) is 15.0 Å². The second-order valence-electron chi connectivity index (χ2n) is 7.43. The zero-order valence-corrected chi connectivity index (χ0v) is 17.0. The van der Waals surface area contributed by atoms with Crippen LogP contribution >= 0.6 is 11.3 Å². The molecule has 1 atom stereocenters. The van der Waals surface area contributed by atoms with E-state index < -0.39 is 0 Å². The van der Waals surface area contributed by atoms with Gasteiger partial charge in [0.05, 0.1) is 0 Å². The van der Waals surface area contributed by atoms with Gasteiger partial charge in [0.15, 0.2) is 0 Å². The summed E-state index contributed by atoms with van der Waals surface area (Å²) in [6.45, 7) is 5.58. The molecular weight excluding hydrogens is 355 g/mol. The van der Waals surface area contributed by atoms with Crippen molar-refractivity contribution in [3.8, 4) is 0 Å². The van der Waals surface area contributed by atoms with Gasteiger partial charge in [-0.2, -0.15) is 0 Å². The minimum atomic E-state index is -0.1000. The Morgan fingerprint density at radius 3 is 2.56 bits per heavy atom. The fourth-order valence-electron chi connectivity index (χ4n) is 3.55. The molecule has 2 aromatic carbocycles. The molecule has 0 saturated carbocycles. The monoisotopic (exact) mass is 384 g/mol. The van der Waals surface area contributed by atoms with Crippen molar-refractivity contribution in [1.29, 1.82) is 0 Å². The van der Waals surface area contributed by atoms with Crippen molar-refractivity contribution < 1.29 is 4.39 Å². The fourth-order valence-corrected chi connectivity index (χ4v) is 4.58. The number of unbranched alkanes of at least 4 members (excludes halogenated alkanes) is 1. The highest BCUT2D eigenvalue weighted by molar-refractivity contribution is 7.19. The molecule has 1 heterocycles. The van der Waals surface area contributed by atoms with Crippen molar-refractivity contribution in [3.05, 3.63) is 69.8 Å². The van der Waals surface area contributed by atoms with Crippen molar-refractivity contribution in [2.75, 3.05) is 6.54 Å². The molecule has 27 heavy (non-hydrogen) atoms. The Morgan fingerprint density at radius 1 is 1.07 bits per heavy atom. The van der Waals surface area contributed by atoms with Gasteiger partial charge in [0.1, 0.15) is 5.82 Å². The van der Waals surface area contributed by atoms with Gasteiger partial charge in [0, 0.05) is 22.2 Å². The van der Waals surface area contributed by atoms with Crippen LogP contribution in [0, 0.1) is 19.7 Å². The fraction of sp³-hybridized carbons (Fsp3) is 0.391. The van der Waals surface area contributed by atoms with Crippen molar-refractivity contribution >= 4 is 21.4 Å². The molecule has 3 N–H and O–H groups in total. The minimum absolute atomic E-state index is 0.1000. The van der Waals surface area contributed by atoms with Crippen LogP contribution in [0.5, 0.6) is 0 Å². The maximum absolute atomic E-state index is 13.7. The van der Waals surface area contributed by atoms with E-state index in [-0.39, 0.29) is 11.9 Å². The van der Waals surface area contributed by atoms with Crippen LogP contribution in [0.25, 0.3) is 10.1 Å². The van der Waals surface area contributed by atoms with E-state index in [0.717, 1.165) is 44.3 Å². The Labute approximate surface area is 165 Å². The number of nitrogens with one attached hydrogen (secondary N) is 1. The number of fused-ring (bicyclic) bond motifs is 1. The highest BCUT2D eigenvalue weighted by Crippen LogP contribution is 2.25. The number of hydrogen-bond donors (Lipinski definition) is 2. The molecule has 0 saturated heterocycles. The summed E-state index contributed by atoms with van der Waals surface area (Å²) in [5.74, 6) is -0.1000. The average Bonchev–Trinajstić information content (AvgIpc) is 3.05. The van der Waals surface area contributed by atoms with Crippen molar-refractivity contribution in [2.45, 2.75) is 52.1 Å². The Hall–Kier alpha value is -1.75. The van der Waals surface area contributed by atoms with Crippen LogP contribution in [0.2, 0.25) is 0 Å². The minimum Gasteiger partial charge on any atom is -0.327 e. The number of aryl methyl sites for hydroxylation is 2. The summed E-state index contributed by atoms with van der Waals surface area (Å²) in [7, 11) is 0. The largest absolute Gasteiger partial charge is 0.327 e. The normalized spacial score (nSPS) is 12.6. The van der Waals surface area contributed by atoms with Gasteiger partial charge in [0.2, 0.25) is 0 Å². The molecule has 0 aliphatic carbocycles. The van der Waals surface area contributed by atoms with Crippen LogP contribution in [0.1, 0.15) is 40.8 Å². The maximum atomic E-state index is 13.7. The molecule has 0 amide bonds. The van der Waals surface area contributed by atoms with Gasteiger partial charge in [-0.15, -0.1) is 11.3 Å². The topological polar surface area (TPSA) is 38.0 Å². The SMILES string of the molecule is Cc1cc(CC(N)CCCCNCc2cc3ccccc3s2)cc(C)c1F. The number of nitrogens with two attached hydrogens (primary N) is 1. The Bertz CT molecular complexity index is 831. The van der Waals surface area contributed by atoms with Gasteiger partial charge in [-0.3, -0.25) is 0 Å². The molecule has 1 unspecified atom stereocenters. The first-order valence-electron chi connectivity index (χ1n) is 9.72. The molecule has 3 rings (SSSR count). The summed E-state index contributed by atoms with van der Waals surface area (Å²) >= 11 is 1.86. The number of benzene rings is 2. The van der Waals surface area contributed by atoms with E-state index in [4.69, 9.17) is 5.73 Å². The smallest absolute Gasteiger partial charge is 0.129 e. The van der Waals surface area contributed by atoms with Crippen LogP contribution in [-0.2, 0) is 13.0 Å². The van der Waals surface area contributed by atoms with Crippen LogP contribution in [0.3, 0.4) is 0 Å². The predicted octanol–water partition coefficient (Wildman–Crippen LogP) is 5.49. The van der Waals surface area contributed by atoms with Crippen molar-refractivity contribution in [1.82, 2.24) is 5.32 Å². The summed E-state index contributed by atoms with van der Waals surface area (Å²) in [6, 6.07) is 14.8. The summed E-state index contributed by atoms with van der Waals surface area (Å²) in [5, 5.41) is 4.87. The van der Waals surface area contributed by atoms with Gasteiger partial charge in [-0.25, -0.2) is 4.39 Å². The number of hydrogen-bond acceptors (Lipinski definition) is 3. The molecule has 0 radical (unpaired) electrons. The van der Waals surface area contributed by atoms with Crippen LogP contribution in [0.15, 0.2) is 42.5 Å². The molecule has 0 aliphatic heterocycles. The highest BCUT2D eigenvalue weighted by atomic mass is 32.1. The molecule has 2 nitrogen and oxygen atoms in total. The summed E-state index contributed by atoms with van der Waals surface area (Å²) in [6.07, 6.45) is 4.05. The van der Waals surface area contributed by atoms with Crippen LogP contribution < -0.4 is 11.1 Å². The first kappa shape index (κ1) is 20.0. The summed E-state index contributed by atoms with van der Waals surface area (Å²) in [5.41, 5.74) is 8.84. The number of thiophene rings is 1. The lowest BCUT2D eigenvalue weighted by Gasteiger charge is -2.13. The van der Waals surface area contributed by atoms with Gasteiger partial charge in [-0.05, 0) is 73.9 Å². The number of halogens is 1. The molecule has 0 spiro atoms. The van der Waals surface area contributed by atoms with Gasteiger partial charge in [-0.1, -0.05) is 36.8 Å². The second kappa shape index (κ2) is 9.45. The lowest BCUT2D eigenvalue weighted by molar-refractivity contribution is 0.539. The third kappa shape index (κ3) is 5.61. The van der Waals surface area contributed by atoms with Gasteiger partial charge < -0.3 is 11.1 Å². The van der Waals surface area contributed by atoms with E-state index in [1.807, 2.05) is 37.3 Å². The molecule has 0 fully saturated rings. The van der Waals surface area contributed by atoms with Gasteiger partial charge in [0.25, 0.3) is 0 Å². The predicted molar refractivity (Wildman–Crippen MR) is 115 cm³/mol. The van der Waals surface area contributed by atoms with E-state index in [9.17, 15) is 4.39 Å². The molecule has 0 bridgehead atoms. The van der Waals surface area contributed by atoms with Crippen LogP contribution in [-0.4, -0.2) is 12.6 Å². The zero-order chi connectivity index (χ0) is 19.2. The molecule has 3 aromatic rings. The van der Waals surface area contributed by atoms with E-state index in [2.05, 4.69) is 35.6 Å². The standard InChI is InChI=1S/C23H29FN2S/c1-16-11-18(12-17(2)23(16)24)13-20(25)8-5-6-10-26-15-21-14-19-7-3-4-9-22(19)27-21/h3-4,7,9,11-12,14,20,26H,5-6,8,10,13,15,25H2,1-2H3. The lowest BCUT2D eigenvalue weighted by atomic mass is 9.98. The third-order valence-corrected chi connectivity index (χ3v) is 6.06. The highest BCUT2D eigenvalue weighted by Gasteiger charge is 2.08. The van der Waals surface area contributed by atoms with Crippen LogP contribution in [0.4, 0.5) is 4.39 Å². The average molecular weight is 385 g/mol. The second-order valence-corrected chi connectivity index (χ2v) is 8.60. The molecule has 4 heteroatoms. The first-order valence-corrected chi connectivity index (χ1v) is 10.5. The molecular formula is C23H29FN2S. The summed E-state index contributed by atoms with van der Waals surface area (Å²) < 4.78 is 15.1. The maximum Gasteiger partial charge on any atom is 0.129 e. The van der Waals surface area contributed by atoms with Crippen molar-refractivity contribution in [2.24, 2.45) is 5.73 Å². The van der Waals surface area contributed by atoms with Crippen molar-refractivity contribution in [3.63, 3.8) is 0 Å². The molecule has 144 valence electrons. The first-order chi connectivity index (χ1) is 13.0. The zero-order valence-electron chi connectivity index (χ0n) is 16.2. The molecule has 1 aromatic heterocycles. The quantitative estimate of drug-likeness (QED) is 0.479. The van der Waals surface area contributed by atoms with E-state index in [1.54, 1.807) is 0 Å². The third-order valence-electron chi connectivity index (χ3n) is 4.95. The molecule has 0 aliphatic rings. The van der Waals surface area contributed by atoms with E-state index >= 15 is 0 Å².